The lowest BCUT2D eigenvalue weighted by molar-refractivity contribution is 0.162. The summed E-state index contributed by atoms with van der Waals surface area (Å²) >= 11 is 0. The summed E-state index contributed by atoms with van der Waals surface area (Å²) in [4.78, 5) is 0. The van der Waals surface area contributed by atoms with Crippen molar-refractivity contribution in [3.63, 3.8) is 0 Å². The molecule has 0 heterocycles. The zero-order chi connectivity index (χ0) is 12.0. The quantitative estimate of drug-likeness (QED) is 0.602. The molecule has 0 aliphatic rings. The minimum atomic E-state index is -3.63. The van der Waals surface area contributed by atoms with Crippen molar-refractivity contribution in [1.82, 2.24) is 0 Å². The molecule has 0 saturated carbocycles. The molecular weight excluding hydrogens is 232 g/mol. The largest absolute Gasteiger partial charge is 0.508 e. The highest BCUT2D eigenvalue weighted by atomic mass is 32.2. The van der Waals surface area contributed by atoms with E-state index in [1.54, 1.807) is 6.92 Å². The summed E-state index contributed by atoms with van der Waals surface area (Å²) in [6.45, 7) is 2.36. The monoisotopic (exact) mass is 246 g/mol. The van der Waals surface area contributed by atoms with Gasteiger partial charge in [-0.05, 0) is 31.2 Å². The van der Waals surface area contributed by atoms with Gasteiger partial charge in [0.2, 0.25) is 0 Å². The lowest BCUT2D eigenvalue weighted by atomic mass is 10.3. The second kappa shape index (κ2) is 5.72. The van der Waals surface area contributed by atoms with Gasteiger partial charge in [0.25, 0.3) is 0 Å². The van der Waals surface area contributed by atoms with Gasteiger partial charge in [-0.3, -0.25) is 0 Å². The maximum Gasteiger partial charge on any atom is 0.311 e. The summed E-state index contributed by atoms with van der Waals surface area (Å²) in [5, 5.41) is 9.00. The molecule has 1 rings (SSSR count). The number of aromatic hydroxyl groups is 1. The molecule has 0 spiro atoms. The van der Waals surface area contributed by atoms with Gasteiger partial charge in [0.1, 0.15) is 17.3 Å². The van der Waals surface area contributed by atoms with E-state index in [2.05, 4.69) is 0 Å². The third kappa shape index (κ3) is 4.50. The maximum atomic E-state index is 11.4. The summed E-state index contributed by atoms with van der Waals surface area (Å²) in [6, 6.07) is 5.47. The number of hydrogen-bond acceptors (Lipinski definition) is 5. The van der Waals surface area contributed by atoms with Crippen molar-refractivity contribution in [1.29, 1.82) is 0 Å². The van der Waals surface area contributed by atoms with Crippen molar-refractivity contribution in [3.8, 4) is 11.5 Å². The highest BCUT2D eigenvalue weighted by molar-refractivity contribution is 7.87. The molecule has 0 radical (unpaired) electrons. The van der Waals surface area contributed by atoms with Crippen molar-refractivity contribution in [2.75, 3.05) is 19.0 Å². The Labute approximate surface area is 94.7 Å². The number of hydrogen-bond donors (Lipinski definition) is 1. The van der Waals surface area contributed by atoms with Crippen LogP contribution in [0.2, 0.25) is 0 Å². The molecule has 90 valence electrons. The van der Waals surface area contributed by atoms with Crippen molar-refractivity contribution >= 4 is 10.1 Å². The Balaban J connectivity index is 2.55. The lowest BCUT2D eigenvalue weighted by Crippen LogP contribution is -2.17. The highest BCUT2D eigenvalue weighted by Crippen LogP contribution is 2.17. The molecule has 1 N–H and O–H groups in total. The number of benzene rings is 1. The fraction of sp³-hybridized carbons (Fsp3) is 0.400. The van der Waals surface area contributed by atoms with Gasteiger partial charge in [-0.25, -0.2) is 0 Å². The molecule has 0 amide bonds. The first-order chi connectivity index (χ1) is 7.53. The Hall–Kier alpha value is -1.27. The van der Waals surface area contributed by atoms with E-state index < -0.39 is 10.1 Å². The van der Waals surface area contributed by atoms with Crippen LogP contribution in [-0.4, -0.2) is 32.5 Å². The van der Waals surface area contributed by atoms with Crippen LogP contribution in [0.3, 0.4) is 0 Å². The average Bonchev–Trinajstić information content (AvgIpc) is 2.21. The molecule has 0 atom stereocenters. The second-order valence-corrected chi connectivity index (χ2v) is 4.73. The molecule has 0 fully saturated rings. The Morgan fingerprint density at radius 2 is 1.88 bits per heavy atom. The molecule has 1 aromatic carbocycles. The van der Waals surface area contributed by atoms with E-state index in [0.29, 0.717) is 6.61 Å². The number of rotatable bonds is 6. The average molecular weight is 246 g/mol. The van der Waals surface area contributed by atoms with Gasteiger partial charge >= 0.3 is 10.1 Å². The van der Waals surface area contributed by atoms with Crippen molar-refractivity contribution in [2.24, 2.45) is 0 Å². The van der Waals surface area contributed by atoms with Gasteiger partial charge in [0, 0.05) is 6.61 Å². The van der Waals surface area contributed by atoms with Gasteiger partial charge in [-0.2, -0.15) is 8.42 Å². The van der Waals surface area contributed by atoms with Gasteiger partial charge in [0.15, 0.2) is 0 Å². The molecule has 1 aromatic rings. The van der Waals surface area contributed by atoms with Crippen LogP contribution in [0.25, 0.3) is 0 Å². The maximum absolute atomic E-state index is 11.4. The van der Waals surface area contributed by atoms with Crippen LogP contribution >= 0.6 is 0 Å². The Morgan fingerprint density at radius 3 is 2.44 bits per heavy atom. The van der Waals surface area contributed by atoms with Crippen LogP contribution < -0.4 is 4.18 Å². The highest BCUT2D eigenvalue weighted by Gasteiger charge is 2.12. The minimum Gasteiger partial charge on any atom is -0.508 e. The smallest absolute Gasteiger partial charge is 0.311 e. The molecule has 0 saturated heterocycles. The van der Waals surface area contributed by atoms with Crippen LogP contribution in [-0.2, 0) is 14.9 Å². The molecule has 0 bridgehead atoms. The Morgan fingerprint density at radius 1 is 1.25 bits per heavy atom. The van der Waals surface area contributed by atoms with E-state index >= 15 is 0 Å². The molecule has 5 nitrogen and oxygen atoms in total. The van der Waals surface area contributed by atoms with Crippen LogP contribution in [0.1, 0.15) is 6.92 Å². The SMILES string of the molecule is CCOCCS(=O)(=O)Oc1ccc(O)cc1. The first kappa shape index (κ1) is 12.8. The van der Waals surface area contributed by atoms with E-state index in [4.69, 9.17) is 14.0 Å². The molecule has 6 heteroatoms. The van der Waals surface area contributed by atoms with Gasteiger partial charge in [-0.15, -0.1) is 0 Å². The topological polar surface area (TPSA) is 72.8 Å². The molecule has 16 heavy (non-hydrogen) atoms. The molecule has 0 unspecified atom stereocenters. The molecule has 0 aliphatic carbocycles. The van der Waals surface area contributed by atoms with E-state index in [1.807, 2.05) is 0 Å². The molecular formula is C10H14O5S. The van der Waals surface area contributed by atoms with Crippen molar-refractivity contribution in [3.05, 3.63) is 24.3 Å². The van der Waals surface area contributed by atoms with E-state index in [1.165, 1.54) is 24.3 Å². The predicted octanol–water partition coefficient (Wildman–Crippen LogP) is 1.14. The summed E-state index contributed by atoms with van der Waals surface area (Å²) < 4.78 is 32.5. The normalized spacial score (nSPS) is 11.3. The second-order valence-electron chi connectivity index (χ2n) is 3.04. The van der Waals surface area contributed by atoms with E-state index in [9.17, 15) is 8.42 Å². The van der Waals surface area contributed by atoms with Crippen LogP contribution in [0.4, 0.5) is 0 Å². The van der Waals surface area contributed by atoms with Crippen LogP contribution in [0, 0.1) is 0 Å². The van der Waals surface area contributed by atoms with Gasteiger partial charge in [0.05, 0.1) is 6.61 Å². The summed E-state index contributed by atoms with van der Waals surface area (Å²) in [7, 11) is -3.63. The van der Waals surface area contributed by atoms with Crippen LogP contribution in [0.15, 0.2) is 24.3 Å². The van der Waals surface area contributed by atoms with E-state index in [0.717, 1.165) is 0 Å². The third-order valence-electron chi connectivity index (χ3n) is 1.74. The van der Waals surface area contributed by atoms with E-state index in [-0.39, 0.29) is 23.9 Å². The number of phenols is 1. The Bertz CT molecular complexity index is 409. The standard InChI is InChI=1S/C10H14O5S/c1-2-14-7-8-16(12,13)15-10-5-3-9(11)4-6-10/h3-6,11H,2,7-8H2,1H3. The van der Waals surface area contributed by atoms with Gasteiger partial charge < -0.3 is 14.0 Å². The number of ether oxygens (including phenoxy) is 1. The fourth-order valence-corrected chi connectivity index (χ4v) is 1.80. The zero-order valence-electron chi connectivity index (χ0n) is 8.92. The summed E-state index contributed by atoms with van der Waals surface area (Å²) in [5.41, 5.74) is 0. The van der Waals surface area contributed by atoms with Crippen molar-refractivity contribution in [2.45, 2.75) is 6.92 Å². The lowest BCUT2D eigenvalue weighted by Gasteiger charge is -2.06. The molecule has 0 aromatic heterocycles. The first-order valence-electron chi connectivity index (χ1n) is 4.82. The first-order valence-corrected chi connectivity index (χ1v) is 6.40. The Kier molecular flexibility index (Phi) is 4.57. The fourth-order valence-electron chi connectivity index (χ4n) is 0.995. The number of phenolic OH excluding ortho intramolecular Hbond substituents is 1. The van der Waals surface area contributed by atoms with Crippen molar-refractivity contribution < 1.29 is 22.4 Å². The zero-order valence-corrected chi connectivity index (χ0v) is 9.74. The summed E-state index contributed by atoms with van der Waals surface area (Å²) in [6.07, 6.45) is 0. The van der Waals surface area contributed by atoms with Gasteiger partial charge in [-0.1, -0.05) is 0 Å². The van der Waals surface area contributed by atoms with Crippen LogP contribution in [0.5, 0.6) is 11.5 Å². The third-order valence-corrected chi connectivity index (χ3v) is 2.85. The predicted molar refractivity (Wildman–Crippen MR) is 59.0 cm³/mol. The molecule has 0 aliphatic heterocycles. The summed E-state index contributed by atoms with van der Waals surface area (Å²) in [5.74, 6) is 0.0372. The minimum absolute atomic E-state index is 0.0547.